The highest BCUT2D eigenvalue weighted by molar-refractivity contribution is 7.89. The van der Waals surface area contributed by atoms with Crippen molar-refractivity contribution < 1.29 is 13.2 Å². The molecule has 0 aliphatic carbocycles. The van der Waals surface area contributed by atoms with Crippen LogP contribution in [0.2, 0.25) is 0 Å². The number of piperidine rings is 1. The van der Waals surface area contributed by atoms with E-state index in [-0.39, 0.29) is 5.91 Å². The van der Waals surface area contributed by atoms with Gasteiger partial charge in [0.15, 0.2) is 5.69 Å². The first-order valence-electron chi connectivity index (χ1n) is 11.0. The Labute approximate surface area is 188 Å². The lowest BCUT2D eigenvalue weighted by Crippen LogP contribution is -2.35. The van der Waals surface area contributed by atoms with Gasteiger partial charge in [-0.15, -0.1) is 0 Å². The van der Waals surface area contributed by atoms with Crippen LogP contribution < -0.4 is 4.90 Å². The summed E-state index contributed by atoms with van der Waals surface area (Å²) in [6.07, 6.45) is 3.51. The van der Waals surface area contributed by atoms with Crippen LogP contribution in [0.5, 0.6) is 0 Å². The Morgan fingerprint density at radius 3 is 2.44 bits per heavy atom. The number of nitrogens with zero attached hydrogens (tertiary/aromatic N) is 4. The molecule has 0 bridgehead atoms. The van der Waals surface area contributed by atoms with Gasteiger partial charge in [0.2, 0.25) is 10.0 Å². The summed E-state index contributed by atoms with van der Waals surface area (Å²) in [5.74, 6) is -0.173. The third-order valence-corrected chi connectivity index (χ3v) is 8.15. The molecular formula is C24H26N4O3S. The molecule has 32 heavy (non-hydrogen) atoms. The van der Waals surface area contributed by atoms with Gasteiger partial charge in [-0.3, -0.25) is 4.79 Å². The molecule has 2 aliphatic heterocycles. The number of benzene rings is 2. The fourth-order valence-electron chi connectivity index (χ4n) is 4.55. The lowest BCUT2D eigenvalue weighted by atomic mass is 10.2. The maximum atomic E-state index is 13.3. The van der Waals surface area contributed by atoms with Crippen LogP contribution in [-0.2, 0) is 16.4 Å². The monoisotopic (exact) mass is 450 g/mol. The first-order chi connectivity index (χ1) is 15.4. The van der Waals surface area contributed by atoms with Gasteiger partial charge in [0.25, 0.3) is 5.91 Å². The molecule has 0 N–H and O–H groups in total. The Morgan fingerprint density at radius 2 is 1.69 bits per heavy atom. The van der Waals surface area contributed by atoms with E-state index in [1.807, 2.05) is 37.3 Å². The molecule has 0 atom stereocenters. The van der Waals surface area contributed by atoms with Crippen molar-refractivity contribution in [1.82, 2.24) is 14.1 Å². The van der Waals surface area contributed by atoms with E-state index >= 15 is 0 Å². The number of anilines is 1. The molecule has 3 heterocycles. The molecule has 2 aromatic carbocycles. The normalized spacial score (nSPS) is 16.8. The van der Waals surface area contributed by atoms with Gasteiger partial charge in [-0.25, -0.2) is 13.1 Å². The van der Waals surface area contributed by atoms with Crippen molar-refractivity contribution in [1.29, 1.82) is 0 Å². The molecule has 1 aromatic heterocycles. The van der Waals surface area contributed by atoms with Crippen LogP contribution >= 0.6 is 0 Å². The highest BCUT2D eigenvalue weighted by atomic mass is 32.2. The molecule has 1 fully saturated rings. The average molecular weight is 451 g/mol. The first kappa shape index (κ1) is 20.9. The summed E-state index contributed by atoms with van der Waals surface area (Å²) in [4.78, 5) is 15.3. The molecule has 0 radical (unpaired) electrons. The summed E-state index contributed by atoms with van der Waals surface area (Å²) >= 11 is 0. The molecule has 8 heteroatoms. The van der Waals surface area contributed by atoms with Crippen molar-refractivity contribution in [2.45, 2.75) is 37.5 Å². The van der Waals surface area contributed by atoms with Crippen molar-refractivity contribution in [3.8, 4) is 5.69 Å². The number of hydrogen-bond acceptors (Lipinski definition) is 4. The molecule has 3 aromatic rings. The Balaban J connectivity index is 1.41. The number of fused-ring (bicyclic) bond motifs is 1. The van der Waals surface area contributed by atoms with E-state index in [1.165, 1.54) is 0 Å². The number of amides is 1. The van der Waals surface area contributed by atoms with E-state index in [1.54, 1.807) is 38.2 Å². The van der Waals surface area contributed by atoms with Crippen molar-refractivity contribution in [3.05, 3.63) is 71.5 Å². The number of carbonyl (C=O) groups excluding carboxylic acids is 1. The molecule has 1 saturated heterocycles. The van der Waals surface area contributed by atoms with E-state index in [4.69, 9.17) is 0 Å². The van der Waals surface area contributed by atoms with Crippen LogP contribution in [0.1, 0.15) is 41.0 Å². The van der Waals surface area contributed by atoms with Crippen LogP contribution in [0.25, 0.3) is 5.69 Å². The van der Waals surface area contributed by atoms with Crippen LogP contribution in [0.3, 0.4) is 0 Å². The minimum absolute atomic E-state index is 0.173. The third-order valence-electron chi connectivity index (χ3n) is 6.25. The second-order valence-electron chi connectivity index (χ2n) is 8.38. The van der Waals surface area contributed by atoms with E-state index in [9.17, 15) is 13.2 Å². The number of carbonyl (C=O) groups is 1. The van der Waals surface area contributed by atoms with Crippen molar-refractivity contribution in [2.75, 3.05) is 24.5 Å². The topological polar surface area (TPSA) is 75.5 Å². The summed E-state index contributed by atoms with van der Waals surface area (Å²) in [5.41, 5.74) is 3.81. The van der Waals surface area contributed by atoms with Crippen molar-refractivity contribution in [2.24, 2.45) is 0 Å². The average Bonchev–Trinajstić information content (AvgIpc) is 3.43. The highest BCUT2D eigenvalue weighted by Crippen LogP contribution is 2.32. The Hall–Kier alpha value is -2.97. The van der Waals surface area contributed by atoms with Crippen molar-refractivity contribution in [3.63, 3.8) is 0 Å². The highest BCUT2D eigenvalue weighted by Gasteiger charge is 2.31. The summed E-state index contributed by atoms with van der Waals surface area (Å²) < 4.78 is 29.4. The van der Waals surface area contributed by atoms with Gasteiger partial charge in [0.1, 0.15) is 0 Å². The molecule has 166 valence electrons. The number of para-hydroxylation sites is 1. The van der Waals surface area contributed by atoms with E-state index in [0.717, 1.165) is 41.9 Å². The molecule has 0 saturated carbocycles. The SMILES string of the molecule is Cc1cc(C(=O)N2CCc3cc(S(=O)(=O)N4CCCCC4)ccc32)nn1-c1ccccc1. The van der Waals surface area contributed by atoms with E-state index in [2.05, 4.69) is 5.10 Å². The number of sulfonamides is 1. The van der Waals surface area contributed by atoms with Gasteiger partial charge in [-0.05, 0) is 68.1 Å². The summed E-state index contributed by atoms with van der Waals surface area (Å²) in [6, 6.07) is 16.6. The van der Waals surface area contributed by atoms with E-state index in [0.29, 0.717) is 36.6 Å². The molecule has 1 amide bonds. The Bertz CT molecular complexity index is 1260. The number of hydrogen-bond donors (Lipinski definition) is 0. The minimum Gasteiger partial charge on any atom is -0.306 e. The molecule has 5 rings (SSSR count). The van der Waals surface area contributed by atoms with Gasteiger partial charge >= 0.3 is 0 Å². The molecule has 7 nitrogen and oxygen atoms in total. The van der Waals surface area contributed by atoms with Crippen LogP contribution in [0.15, 0.2) is 59.5 Å². The predicted molar refractivity (Wildman–Crippen MR) is 123 cm³/mol. The maximum absolute atomic E-state index is 13.3. The Kier molecular flexibility index (Phi) is 5.35. The largest absolute Gasteiger partial charge is 0.306 e. The second-order valence-corrected chi connectivity index (χ2v) is 10.3. The molecule has 0 unspecified atom stereocenters. The van der Waals surface area contributed by atoms with E-state index < -0.39 is 10.0 Å². The fraction of sp³-hybridized carbons (Fsp3) is 0.333. The standard InChI is InChI=1S/C24H26N4O3S/c1-18-16-22(25-28(18)20-8-4-2-5-9-20)24(29)27-15-12-19-17-21(10-11-23(19)27)32(30,31)26-13-6-3-7-14-26/h2,4-5,8-11,16-17H,3,6-7,12-15H2,1H3. The zero-order chi connectivity index (χ0) is 22.3. The van der Waals surface area contributed by atoms with Crippen LogP contribution in [0.4, 0.5) is 5.69 Å². The minimum atomic E-state index is -3.49. The maximum Gasteiger partial charge on any atom is 0.278 e. The first-order valence-corrected chi connectivity index (χ1v) is 12.5. The summed E-state index contributed by atoms with van der Waals surface area (Å²) in [5, 5.41) is 4.54. The van der Waals surface area contributed by atoms with Crippen LogP contribution in [0, 0.1) is 6.92 Å². The number of rotatable bonds is 4. The smallest absolute Gasteiger partial charge is 0.278 e. The number of aryl methyl sites for hydroxylation is 1. The van der Waals surface area contributed by atoms with Gasteiger partial charge in [0.05, 0.1) is 10.6 Å². The zero-order valence-electron chi connectivity index (χ0n) is 18.1. The lowest BCUT2D eigenvalue weighted by Gasteiger charge is -2.26. The molecular weight excluding hydrogens is 424 g/mol. The lowest BCUT2D eigenvalue weighted by molar-refractivity contribution is 0.0984. The second kappa shape index (κ2) is 8.18. The quantitative estimate of drug-likeness (QED) is 0.609. The van der Waals surface area contributed by atoms with Gasteiger partial charge < -0.3 is 4.90 Å². The predicted octanol–water partition coefficient (Wildman–Crippen LogP) is 3.56. The molecule has 0 spiro atoms. The fourth-order valence-corrected chi connectivity index (χ4v) is 6.12. The number of aromatic nitrogens is 2. The van der Waals surface area contributed by atoms with Crippen LogP contribution in [-0.4, -0.2) is 48.0 Å². The third kappa shape index (κ3) is 3.63. The van der Waals surface area contributed by atoms with Gasteiger partial charge in [-0.1, -0.05) is 24.6 Å². The summed E-state index contributed by atoms with van der Waals surface area (Å²) in [7, 11) is -3.49. The summed E-state index contributed by atoms with van der Waals surface area (Å²) in [6.45, 7) is 3.59. The molecule has 2 aliphatic rings. The van der Waals surface area contributed by atoms with Gasteiger partial charge in [-0.2, -0.15) is 9.40 Å². The zero-order valence-corrected chi connectivity index (χ0v) is 18.9. The van der Waals surface area contributed by atoms with Gasteiger partial charge in [0, 0.05) is 31.0 Å². The Morgan fingerprint density at radius 1 is 0.938 bits per heavy atom. The van der Waals surface area contributed by atoms with Crippen molar-refractivity contribution >= 4 is 21.6 Å².